The van der Waals surface area contributed by atoms with E-state index in [1.54, 1.807) is 0 Å². The van der Waals surface area contributed by atoms with Crippen LogP contribution in [-0.2, 0) is 0 Å². The molecule has 0 aromatic rings. The van der Waals surface area contributed by atoms with Gasteiger partial charge in [-0.25, -0.2) is 0 Å². The molecular formula is C12H23N3. The van der Waals surface area contributed by atoms with Crippen LogP contribution < -0.4 is 11.1 Å². The van der Waals surface area contributed by atoms with Gasteiger partial charge in [0, 0.05) is 30.0 Å². The highest BCUT2D eigenvalue weighted by Crippen LogP contribution is 2.34. The van der Waals surface area contributed by atoms with E-state index >= 15 is 0 Å². The van der Waals surface area contributed by atoms with Crippen LogP contribution in [0.5, 0.6) is 0 Å². The first-order valence-electron chi connectivity index (χ1n) is 6.13. The number of nitrogens with two attached hydrogens (primary N) is 1. The van der Waals surface area contributed by atoms with Gasteiger partial charge in [-0.05, 0) is 39.2 Å². The molecule has 0 aliphatic carbocycles. The van der Waals surface area contributed by atoms with Crippen LogP contribution in [0.25, 0.3) is 0 Å². The maximum Gasteiger partial charge on any atom is 0.0286 e. The second kappa shape index (κ2) is 4.44. The Morgan fingerprint density at radius 2 is 2.00 bits per heavy atom. The maximum absolute atomic E-state index is 5.79. The molecule has 3 nitrogen and oxygen atoms in total. The van der Waals surface area contributed by atoms with Gasteiger partial charge in [-0.2, -0.15) is 0 Å². The van der Waals surface area contributed by atoms with E-state index in [1.807, 2.05) is 6.20 Å². The second-order valence-corrected chi connectivity index (χ2v) is 4.96. The topological polar surface area (TPSA) is 41.3 Å². The van der Waals surface area contributed by atoms with Crippen molar-refractivity contribution in [1.82, 2.24) is 10.2 Å². The van der Waals surface area contributed by atoms with Gasteiger partial charge in [0.15, 0.2) is 0 Å². The summed E-state index contributed by atoms with van der Waals surface area (Å²) in [5.74, 6) is 0. The zero-order valence-corrected chi connectivity index (χ0v) is 9.87. The summed E-state index contributed by atoms with van der Waals surface area (Å²) in [7, 11) is 2.27. The fourth-order valence-corrected chi connectivity index (χ4v) is 2.87. The van der Waals surface area contributed by atoms with Crippen LogP contribution in [0, 0.1) is 0 Å². The van der Waals surface area contributed by atoms with E-state index in [0.29, 0.717) is 6.04 Å². The number of piperidine rings is 1. The normalized spacial score (nSPS) is 36.9. The molecule has 0 spiro atoms. The van der Waals surface area contributed by atoms with Gasteiger partial charge < -0.3 is 16.0 Å². The molecule has 15 heavy (non-hydrogen) atoms. The van der Waals surface area contributed by atoms with E-state index in [9.17, 15) is 0 Å². The lowest BCUT2D eigenvalue weighted by molar-refractivity contribution is 0.154. The van der Waals surface area contributed by atoms with E-state index < -0.39 is 0 Å². The Morgan fingerprint density at radius 1 is 1.40 bits per heavy atom. The van der Waals surface area contributed by atoms with Crippen LogP contribution in [0.4, 0.5) is 0 Å². The highest BCUT2D eigenvalue weighted by atomic mass is 15.2. The third-order valence-corrected chi connectivity index (χ3v) is 4.01. The second-order valence-electron chi connectivity index (χ2n) is 4.96. The van der Waals surface area contributed by atoms with E-state index in [2.05, 4.69) is 24.2 Å². The van der Waals surface area contributed by atoms with Crippen molar-refractivity contribution in [3.05, 3.63) is 11.9 Å². The molecule has 0 saturated carbocycles. The predicted molar refractivity (Wildman–Crippen MR) is 63.3 cm³/mol. The first-order valence-corrected chi connectivity index (χ1v) is 6.13. The van der Waals surface area contributed by atoms with Crippen LogP contribution in [0.2, 0.25) is 0 Å². The van der Waals surface area contributed by atoms with Crippen molar-refractivity contribution in [2.24, 2.45) is 5.73 Å². The number of allylic oxidation sites excluding steroid dienone is 1. The summed E-state index contributed by atoms with van der Waals surface area (Å²) in [4.78, 5) is 2.56. The highest BCUT2D eigenvalue weighted by molar-refractivity contribution is 5.00. The quantitative estimate of drug-likeness (QED) is 0.738. The average Bonchev–Trinajstić information content (AvgIpc) is 2.50. The SMILES string of the molecule is CC/C(N)=C/NC1CC2CCC(C1)N2C. The standard InChI is InChI=1S/C12H23N3/c1-3-9(13)8-14-10-6-11-4-5-12(7-10)15(11)2/h8,10-12,14H,3-7,13H2,1-2H3/b9-8-. The van der Waals surface area contributed by atoms with Gasteiger partial charge in [-0.1, -0.05) is 6.92 Å². The Balaban J connectivity index is 1.87. The molecule has 2 unspecified atom stereocenters. The van der Waals surface area contributed by atoms with Gasteiger partial charge in [-0.15, -0.1) is 0 Å². The third-order valence-electron chi connectivity index (χ3n) is 4.01. The van der Waals surface area contributed by atoms with Gasteiger partial charge in [-0.3, -0.25) is 0 Å². The lowest BCUT2D eigenvalue weighted by Gasteiger charge is -2.36. The molecule has 0 amide bonds. The molecular weight excluding hydrogens is 186 g/mol. The van der Waals surface area contributed by atoms with Gasteiger partial charge >= 0.3 is 0 Å². The Morgan fingerprint density at radius 3 is 2.53 bits per heavy atom. The number of rotatable bonds is 3. The Kier molecular flexibility index (Phi) is 3.19. The van der Waals surface area contributed by atoms with Crippen molar-refractivity contribution in [2.45, 2.75) is 57.2 Å². The van der Waals surface area contributed by atoms with E-state index in [1.165, 1.54) is 25.7 Å². The Bertz CT molecular complexity index is 235. The molecule has 0 aromatic carbocycles. The first kappa shape index (κ1) is 10.8. The van der Waals surface area contributed by atoms with Gasteiger partial charge in [0.05, 0.1) is 0 Å². The van der Waals surface area contributed by atoms with E-state index in [4.69, 9.17) is 5.73 Å². The summed E-state index contributed by atoms with van der Waals surface area (Å²) in [6.07, 6.45) is 8.27. The summed E-state index contributed by atoms with van der Waals surface area (Å²) in [6.45, 7) is 2.09. The van der Waals surface area contributed by atoms with E-state index in [0.717, 1.165) is 24.2 Å². The number of nitrogens with one attached hydrogen (secondary N) is 1. The summed E-state index contributed by atoms with van der Waals surface area (Å²) in [5.41, 5.74) is 6.75. The molecule has 2 rings (SSSR count). The van der Waals surface area contributed by atoms with Crippen molar-refractivity contribution in [1.29, 1.82) is 0 Å². The summed E-state index contributed by atoms with van der Waals surface area (Å²) < 4.78 is 0. The predicted octanol–water partition coefficient (Wildman–Crippen LogP) is 1.41. The minimum Gasteiger partial charge on any atom is -0.401 e. The molecule has 2 aliphatic rings. The molecule has 0 radical (unpaired) electrons. The maximum atomic E-state index is 5.79. The third kappa shape index (κ3) is 2.28. The van der Waals surface area contributed by atoms with Gasteiger partial charge in [0.1, 0.15) is 0 Å². The lowest BCUT2D eigenvalue weighted by atomic mass is 9.98. The average molecular weight is 209 g/mol. The zero-order valence-electron chi connectivity index (χ0n) is 9.87. The fraction of sp³-hybridized carbons (Fsp3) is 0.833. The van der Waals surface area contributed by atoms with Gasteiger partial charge in [0.25, 0.3) is 0 Å². The minimum absolute atomic E-state index is 0.642. The molecule has 2 bridgehead atoms. The van der Waals surface area contributed by atoms with Crippen LogP contribution in [-0.4, -0.2) is 30.1 Å². The highest BCUT2D eigenvalue weighted by Gasteiger charge is 2.37. The fourth-order valence-electron chi connectivity index (χ4n) is 2.87. The molecule has 2 aliphatic heterocycles. The minimum atomic E-state index is 0.642. The molecule has 86 valence electrons. The number of fused-ring (bicyclic) bond motifs is 2. The molecule has 2 heterocycles. The van der Waals surface area contributed by atoms with Crippen molar-refractivity contribution in [3.63, 3.8) is 0 Å². The number of hydrogen-bond donors (Lipinski definition) is 2. The first-order chi connectivity index (χ1) is 7.20. The monoisotopic (exact) mass is 209 g/mol. The van der Waals surface area contributed by atoms with Crippen LogP contribution in [0.1, 0.15) is 39.0 Å². The molecule has 3 N–H and O–H groups in total. The van der Waals surface area contributed by atoms with Crippen LogP contribution in [0.3, 0.4) is 0 Å². The van der Waals surface area contributed by atoms with Crippen molar-refractivity contribution >= 4 is 0 Å². The zero-order chi connectivity index (χ0) is 10.8. The molecule has 2 fully saturated rings. The Hall–Kier alpha value is -0.700. The molecule has 2 atom stereocenters. The lowest BCUT2D eigenvalue weighted by Crippen LogP contribution is -2.46. The summed E-state index contributed by atoms with van der Waals surface area (Å²) in [5, 5.41) is 3.48. The number of hydrogen-bond acceptors (Lipinski definition) is 3. The molecule has 2 saturated heterocycles. The van der Waals surface area contributed by atoms with Crippen molar-refractivity contribution in [2.75, 3.05) is 7.05 Å². The van der Waals surface area contributed by atoms with E-state index in [-0.39, 0.29) is 0 Å². The van der Waals surface area contributed by atoms with Gasteiger partial charge in [0.2, 0.25) is 0 Å². The molecule has 0 aromatic heterocycles. The largest absolute Gasteiger partial charge is 0.401 e. The summed E-state index contributed by atoms with van der Waals surface area (Å²) in [6, 6.07) is 2.25. The van der Waals surface area contributed by atoms with Crippen LogP contribution >= 0.6 is 0 Å². The molecule has 3 heteroatoms. The van der Waals surface area contributed by atoms with Crippen LogP contribution in [0.15, 0.2) is 11.9 Å². The van der Waals surface area contributed by atoms with Crippen molar-refractivity contribution < 1.29 is 0 Å². The Labute approximate surface area is 92.7 Å². The smallest absolute Gasteiger partial charge is 0.0286 e. The summed E-state index contributed by atoms with van der Waals surface area (Å²) >= 11 is 0. The van der Waals surface area contributed by atoms with Crippen molar-refractivity contribution in [3.8, 4) is 0 Å². The number of nitrogens with zero attached hydrogens (tertiary/aromatic N) is 1.